The molecule has 1 N–H and O–H groups in total. The summed E-state index contributed by atoms with van der Waals surface area (Å²) < 4.78 is 0. The third kappa shape index (κ3) is 2.51. The highest BCUT2D eigenvalue weighted by Gasteiger charge is 2.35. The van der Waals surface area contributed by atoms with E-state index in [1.54, 1.807) is 4.90 Å². The number of likely N-dealkylation sites (tertiary alicyclic amines) is 1. The van der Waals surface area contributed by atoms with E-state index in [1.807, 2.05) is 0 Å². The minimum absolute atomic E-state index is 0.232. The number of β-amino-alcohol motifs (C(OH)–C–C–N with tert-alkyl or cyclic N) is 1. The Balaban J connectivity index is 1.82. The Labute approximate surface area is 91.5 Å². The van der Waals surface area contributed by atoms with Crippen LogP contribution in [-0.4, -0.2) is 35.1 Å². The van der Waals surface area contributed by atoms with E-state index >= 15 is 0 Å². The fraction of sp³-hybridized carbons (Fsp3) is 0.917. The van der Waals surface area contributed by atoms with Gasteiger partial charge in [-0.2, -0.15) is 0 Å². The van der Waals surface area contributed by atoms with Crippen molar-refractivity contribution in [2.75, 3.05) is 13.1 Å². The third-order valence-corrected chi connectivity index (χ3v) is 3.85. The normalized spacial score (nSPS) is 26.1. The molecule has 2 rings (SSSR count). The molecule has 0 bridgehead atoms. The van der Waals surface area contributed by atoms with E-state index in [2.05, 4.69) is 6.92 Å². The average Bonchev–Trinajstić information content (AvgIpc) is 2.13. The lowest BCUT2D eigenvalue weighted by molar-refractivity contribution is -0.144. The van der Waals surface area contributed by atoms with E-state index in [1.165, 1.54) is 32.1 Å². The van der Waals surface area contributed by atoms with Crippen LogP contribution in [0, 0.1) is 5.41 Å². The molecule has 86 valence electrons. The number of aliphatic hydroxyl groups is 1. The Kier molecular flexibility index (Phi) is 3.01. The molecule has 0 radical (unpaired) electrons. The first-order valence-corrected chi connectivity index (χ1v) is 6.05. The largest absolute Gasteiger partial charge is 0.389 e. The summed E-state index contributed by atoms with van der Waals surface area (Å²) >= 11 is 0. The first kappa shape index (κ1) is 10.9. The van der Waals surface area contributed by atoms with Gasteiger partial charge in [-0.3, -0.25) is 4.79 Å². The van der Waals surface area contributed by atoms with Crippen LogP contribution in [0.25, 0.3) is 0 Å². The monoisotopic (exact) mass is 211 g/mol. The molecule has 0 atom stereocenters. The zero-order chi connectivity index (χ0) is 10.9. The lowest BCUT2D eigenvalue weighted by Gasteiger charge is -2.40. The number of rotatable bonds is 2. The fourth-order valence-corrected chi connectivity index (χ4v) is 2.72. The highest BCUT2D eigenvalue weighted by atomic mass is 16.3. The summed E-state index contributed by atoms with van der Waals surface area (Å²) in [6.07, 6.45) is 6.66. The molecule has 1 heterocycles. The van der Waals surface area contributed by atoms with Crippen LogP contribution in [0.15, 0.2) is 0 Å². The van der Waals surface area contributed by atoms with Crippen molar-refractivity contribution < 1.29 is 9.90 Å². The van der Waals surface area contributed by atoms with E-state index in [0.717, 1.165) is 0 Å². The number of nitrogens with zero attached hydrogens (tertiary/aromatic N) is 1. The molecule has 0 spiro atoms. The number of aliphatic hydroxyl groups excluding tert-OH is 1. The summed E-state index contributed by atoms with van der Waals surface area (Å²) in [5.41, 5.74) is 0.232. The minimum Gasteiger partial charge on any atom is -0.389 e. The first-order chi connectivity index (χ1) is 7.09. The van der Waals surface area contributed by atoms with Crippen molar-refractivity contribution in [2.24, 2.45) is 5.41 Å². The second-order valence-electron chi connectivity index (χ2n) is 5.50. The van der Waals surface area contributed by atoms with Crippen LogP contribution < -0.4 is 0 Å². The van der Waals surface area contributed by atoms with Crippen molar-refractivity contribution in [1.82, 2.24) is 4.90 Å². The Bertz CT molecular complexity index is 240. The van der Waals surface area contributed by atoms with E-state index in [0.29, 0.717) is 19.5 Å². The van der Waals surface area contributed by atoms with Gasteiger partial charge in [0.25, 0.3) is 0 Å². The zero-order valence-electron chi connectivity index (χ0n) is 9.54. The molecule has 3 nitrogen and oxygen atoms in total. The SMILES string of the molecule is CC1(CC(=O)N2CC(O)C2)CCCCC1. The molecule has 1 aliphatic carbocycles. The van der Waals surface area contributed by atoms with Crippen LogP contribution >= 0.6 is 0 Å². The predicted octanol–water partition coefficient (Wildman–Crippen LogP) is 1.55. The average molecular weight is 211 g/mol. The maximum atomic E-state index is 11.9. The van der Waals surface area contributed by atoms with Gasteiger partial charge in [0.2, 0.25) is 5.91 Å². The van der Waals surface area contributed by atoms with E-state index < -0.39 is 0 Å². The number of carbonyl (C=O) groups excluding carboxylic acids is 1. The van der Waals surface area contributed by atoms with Gasteiger partial charge in [-0.05, 0) is 18.3 Å². The molecule has 1 saturated heterocycles. The molecule has 2 aliphatic rings. The molecule has 2 fully saturated rings. The number of hydrogen-bond acceptors (Lipinski definition) is 2. The van der Waals surface area contributed by atoms with Crippen molar-refractivity contribution in [3.8, 4) is 0 Å². The van der Waals surface area contributed by atoms with Crippen LogP contribution in [0.3, 0.4) is 0 Å². The molecule has 0 unspecified atom stereocenters. The van der Waals surface area contributed by atoms with E-state index in [-0.39, 0.29) is 17.4 Å². The Morgan fingerprint density at radius 1 is 1.33 bits per heavy atom. The third-order valence-electron chi connectivity index (χ3n) is 3.85. The lowest BCUT2D eigenvalue weighted by atomic mass is 9.73. The molecule has 0 aromatic carbocycles. The number of carbonyl (C=O) groups is 1. The smallest absolute Gasteiger partial charge is 0.223 e. The topological polar surface area (TPSA) is 40.5 Å². The standard InChI is InChI=1S/C12H21NO2/c1-12(5-3-2-4-6-12)7-11(15)13-8-10(14)9-13/h10,14H,2-9H2,1H3. The van der Waals surface area contributed by atoms with Gasteiger partial charge in [0.1, 0.15) is 0 Å². The number of amides is 1. The first-order valence-electron chi connectivity index (χ1n) is 6.05. The second-order valence-corrected chi connectivity index (χ2v) is 5.50. The van der Waals surface area contributed by atoms with Crippen LogP contribution in [-0.2, 0) is 4.79 Å². The molecular weight excluding hydrogens is 190 g/mol. The van der Waals surface area contributed by atoms with Crippen LogP contribution in [0.2, 0.25) is 0 Å². The van der Waals surface area contributed by atoms with Gasteiger partial charge in [0.05, 0.1) is 6.10 Å². The van der Waals surface area contributed by atoms with Gasteiger partial charge >= 0.3 is 0 Å². The molecule has 0 aromatic rings. The highest BCUT2D eigenvalue weighted by molar-refractivity contribution is 5.77. The van der Waals surface area contributed by atoms with Crippen molar-refractivity contribution in [3.63, 3.8) is 0 Å². The Morgan fingerprint density at radius 3 is 2.47 bits per heavy atom. The Hall–Kier alpha value is -0.570. The minimum atomic E-state index is -0.270. The molecular formula is C12H21NO2. The van der Waals surface area contributed by atoms with Gasteiger partial charge < -0.3 is 10.0 Å². The lowest BCUT2D eigenvalue weighted by Crippen LogP contribution is -2.54. The van der Waals surface area contributed by atoms with Gasteiger partial charge in [-0.15, -0.1) is 0 Å². The van der Waals surface area contributed by atoms with Gasteiger partial charge in [-0.1, -0.05) is 26.2 Å². The van der Waals surface area contributed by atoms with Crippen LogP contribution in [0.1, 0.15) is 45.4 Å². The van der Waals surface area contributed by atoms with Crippen LogP contribution in [0.4, 0.5) is 0 Å². The molecule has 1 amide bonds. The summed E-state index contributed by atoms with van der Waals surface area (Å²) in [6.45, 7) is 3.34. The maximum Gasteiger partial charge on any atom is 0.223 e. The number of hydrogen-bond donors (Lipinski definition) is 1. The quantitative estimate of drug-likeness (QED) is 0.753. The van der Waals surface area contributed by atoms with Gasteiger partial charge in [0.15, 0.2) is 0 Å². The van der Waals surface area contributed by atoms with Crippen molar-refractivity contribution in [3.05, 3.63) is 0 Å². The molecule has 1 saturated carbocycles. The second kappa shape index (κ2) is 4.12. The summed E-state index contributed by atoms with van der Waals surface area (Å²) in [7, 11) is 0. The molecule has 1 aliphatic heterocycles. The van der Waals surface area contributed by atoms with Gasteiger partial charge in [0, 0.05) is 19.5 Å². The maximum absolute atomic E-state index is 11.9. The summed E-state index contributed by atoms with van der Waals surface area (Å²) in [5, 5.41) is 9.14. The summed E-state index contributed by atoms with van der Waals surface area (Å²) in [4.78, 5) is 13.6. The Morgan fingerprint density at radius 2 is 1.93 bits per heavy atom. The van der Waals surface area contributed by atoms with E-state index in [4.69, 9.17) is 5.11 Å². The van der Waals surface area contributed by atoms with Crippen molar-refractivity contribution in [1.29, 1.82) is 0 Å². The predicted molar refractivity (Wildman–Crippen MR) is 58.4 cm³/mol. The fourth-order valence-electron chi connectivity index (χ4n) is 2.72. The van der Waals surface area contributed by atoms with E-state index in [9.17, 15) is 4.79 Å². The summed E-state index contributed by atoms with van der Waals surface area (Å²) in [5.74, 6) is 0.240. The van der Waals surface area contributed by atoms with Gasteiger partial charge in [-0.25, -0.2) is 0 Å². The summed E-state index contributed by atoms with van der Waals surface area (Å²) in [6, 6.07) is 0. The van der Waals surface area contributed by atoms with Crippen molar-refractivity contribution >= 4 is 5.91 Å². The molecule has 15 heavy (non-hydrogen) atoms. The molecule has 3 heteroatoms. The molecule has 0 aromatic heterocycles. The zero-order valence-corrected chi connectivity index (χ0v) is 9.54. The van der Waals surface area contributed by atoms with Crippen molar-refractivity contribution in [2.45, 2.75) is 51.6 Å². The van der Waals surface area contributed by atoms with Crippen LogP contribution in [0.5, 0.6) is 0 Å². The highest BCUT2D eigenvalue weighted by Crippen LogP contribution is 2.39.